The van der Waals surface area contributed by atoms with Gasteiger partial charge < -0.3 is 24.6 Å². The fourth-order valence-corrected chi connectivity index (χ4v) is 3.86. The van der Waals surface area contributed by atoms with Gasteiger partial charge in [0.1, 0.15) is 5.60 Å². The van der Waals surface area contributed by atoms with E-state index in [1.54, 1.807) is 0 Å². The number of carbonyl (C=O) groups excluding carboxylic acids is 2. The third-order valence-corrected chi connectivity index (χ3v) is 5.37. The molecule has 0 spiro atoms. The van der Waals surface area contributed by atoms with Crippen molar-refractivity contribution < 1.29 is 19.1 Å². The number of piperidine rings is 2. The second-order valence-electron chi connectivity index (χ2n) is 8.80. The number of rotatable bonds is 4. The van der Waals surface area contributed by atoms with Crippen LogP contribution in [-0.2, 0) is 14.3 Å². The van der Waals surface area contributed by atoms with Crippen molar-refractivity contribution in [2.45, 2.75) is 71.4 Å². The van der Waals surface area contributed by atoms with Crippen LogP contribution < -0.4 is 5.32 Å². The minimum atomic E-state index is -0.499. The van der Waals surface area contributed by atoms with Crippen LogP contribution in [-0.4, -0.2) is 79.3 Å². The van der Waals surface area contributed by atoms with Gasteiger partial charge in [-0.1, -0.05) is 0 Å². The molecule has 2 aliphatic heterocycles. The van der Waals surface area contributed by atoms with Crippen molar-refractivity contribution in [3.8, 4) is 0 Å². The lowest BCUT2D eigenvalue weighted by Crippen LogP contribution is -2.49. The quantitative estimate of drug-likeness (QED) is 0.256. The van der Waals surface area contributed by atoms with E-state index in [1.165, 1.54) is 7.11 Å². The lowest BCUT2D eigenvalue weighted by atomic mass is 9.97. The van der Waals surface area contributed by atoms with E-state index in [1.807, 2.05) is 32.6 Å². The highest BCUT2D eigenvalue weighted by atomic mass is 127. The monoisotopic (exact) mass is 538 g/mol. The number of aliphatic imine (C=N–C) groups is 1. The van der Waals surface area contributed by atoms with Gasteiger partial charge in [0.25, 0.3) is 0 Å². The molecule has 2 rings (SSSR count). The van der Waals surface area contributed by atoms with Gasteiger partial charge in [-0.25, -0.2) is 4.79 Å². The number of guanidine groups is 1. The molecule has 174 valence electrons. The Bertz CT molecular complexity index is 586. The molecular formula is C21H39IN4O4. The molecule has 1 N–H and O–H groups in total. The Morgan fingerprint density at radius 3 is 2.33 bits per heavy atom. The first kappa shape index (κ1) is 26.8. The molecule has 2 fully saturated rings. The first-order valence-corrected chi connectivity index (χ1v) is 10.9. The Morgan fingerprint density at radius 2 is 1.77 bits per heavy atom. The highest BCUT2D eigenvalue weighted by Crippen LogP contribution is 2.22. The number of esters is 1. The molecule has 0 radical (unpaired) electrons. The molecule has 0 aromatic rings. The highest BCUT2D eigenvalue weighted by molar-refractivity contribution is 14.0. The van der Waals surface area contributed by atoms with E-state index in [0.29, 0.717) is 6.54 Å². The van der Waals surface area contributed by atoms with E-state index in [2.05, 4.69) is 10.2 Å². The van der Waals surface area contributed by atoms with Crippen LogP contribution in [0.2, 0.25) is 0 Å². The average molecular weight is 538 g/mol. The van der Waals surface area contributed by atoms with E-state index < -0.39 is 5.60 Å². The molecule has 1 unspecified atom stereocenters. The second kappa shape index (κ2) is 12.6. The highest BCUT2D eigenvalue weighted by Gasteiger charge is 2.31. The molecule has 2 saturated heterocycles. The van der Waals surface area contributed by atoms with E-state index >= 15 is 0 Å². The van der Waals surface area contributed by atoms with Gasteiger partial charge in [0, 0.05) is 26.2 Å². The molecule has 2 aliphatic rings. The topological polar surface area (TPSA) is 83.5 Å². The number of nitrogens with zero attached hydrogens (tertiary/aromatic N) is 3. The molecule has 0 bridgehead atoms. The summed E-state index contributed by atoms with van der Waals surface area (Å²) in [6.45, 7) is 11.3. The third-order valence-electron chi connectivity index (χ3n) is 5.37. The Morgan fingerprint density at radius 1 is 1.10 bits per heavy atom. The molecule has 1 atom stereocenters. The van der Waals surface area contributed by atoms with Gasteiger partial charge in [0.05, 0.1) is 25.6 Å². The van der Waals surface area contributed by atoms with Crippen LogP contribution in [0.4, 0.5) is 4.79 Å². The molecular weight excluding hydrogens is 499 g/mol. The Kier molecular flexibility index (Phi) is 11.2. The van der Waals surface area contributed by atoms with Crippen molar-refractivity contribution in [3.05, 3.63) is 0 Å². The first-order chi connectivity index (χ1) is 13.7. The van der Waals surface area contributed by atoms with Crippen molar-refractivity contribution in [1.29, 1.82) is 0 Å². The van der Waals surface area contributed by atoms with Gasteiger partial charge in [-0.05, 0) is 59.8 Å². The first-order valence-electron chi connectivity index (χ1n) is 10.9. The number of carbonyl (C=O) groups is 2. The van der Waals surface area contributed by atoms with Crippen molar-refractivity contribution >= 4 is 42.0 Å². The standard InChI is InChI=1S/C21H38N4O4.HI/c1-6-22-19(24-13-10-16(11-14-24)18(26)28-5)23-15-17-9-7-8-12-25(17)20(27)29-21(2,3)4;/h16-17H,6-15H2,1-5H3,(H,22,23);1H. The zero-order valence-electron chi connectivity index (χ0n) is 19.1. The van der Waals surface area contributed by atoms with Gasteiger partial charge in [-0.2, -0.15) is 0 Å². The molecule has 2 heterocycles. The zero-order chi connectivity index (χ0) is 21.4. The number of ether oxygens (including phenoxy) is 2. The fourth-order valence-electron chi connectivity index (χ4n) is 3.86. The average Bonchev–Trinajstić information content (AvgIpc) is 2.69. The lowest BCUT2D eigenvalue weighted by Gasteiger charge is -2.37. The van der Waals surface area contributed by atoms with Crippen LogP contribution in [0.15, 0.2) is 4.99 Å². The number of likely N-dealkylation sites (tertiary alicyclic amines) is 2. The summed E-state index contributed by atoms with van der Waals surface area (Å²) in [4.78, 5) is 33.3. The fraction of sp³-hybridized carbons (Fsp3) is 0.857. The van der Waals surface area contributed by atoms with Crippen molar-refractivity contribution in [1.82, 2.24) is 15.1 Å². The number of hydrogen-bond acceptors (Lipinski definition) is 5. The maximum absolute atomic E-state index is 12.6. The lowest BCUT2D eigenvalue weighted by molar-refractivity contribution is -0.146. The summed E-state index contributed by atoms with van der Waals surface area (Å²) in [6.07, 6.45) is 4.32. The largest absolute Gasteiger partial charge is 0.469 e. The Labute approximate surface area is 198 Å². The van der Waals surface area contributed by atoms with Crippen molar-refractivity contribution in [2.24, 2.45) is 10.9 Å². The van der Waals surface area contributed by atoms with Gasteiger partial charge in [0.2, 0.25) is 0 Å². The molecule has 9 heteroatoms. The third kappa shape index (κ3) is 8.11. The molecule has 1 amide bonds. The number of amides is 1. The Hall–Kier alpha value is -1.26. The number of methoxy groups -OCH3 is 1. The number of hydrogen-bond donors (Lipinski definition) is 1. The molecule has 0 aromatic heterocycles. The minimum absolute atomic E-state index is 0. The summed E-state index contributed by atoms with van der Waals surface area (Å²) >= 11 is 0. The van der Waals surface area contributed by atoms with Crippen LogP contribution in [0.3, 0.4) is 0 Å². The van der Waals surface area contributed by atoms with Gasteiger partial charge >= 0.3 is 12.1 Å². The minimum Gasteiger partial charge on any atom is -0.469 e. The SMILES string of the molecule is CCNC(=NCC1CCCCN1C(=O)OC(C)(C)C)N1CCC(C(=O)OC)CC1.I. The van der Waals surface area contributed by atoms with Gasteiger partial charge in [-0.15, -0.1) is 24.0 Å². The predicted octanol–water partition coefficient (Wildman–Crippen LogP) is 3.24. The van der Waals surface area contributed by atoms with Crippen LogP contribution in [0.25, 0.3) is 0 Å². The van der Waals surface area contributed by atoms with Crippen LogP contribution in [0, 0.1) is 5.92 Å². The summed E-state index contributed by atoms with van der Waals surface area (Å²) in [6, 6.07) is 0.0554. The maximum Gasteiger partial charge on any atom is 0.410 e. The second-order valence-corrected chi connectivity index (χ2v) is 8.80. The van der Waals surface area contributed by atoms with Crippen LogP contribution in [0.1, 0.15) is 59.8 Å². The smallest absolute Gasteiger partial charge is 0.410 e. The van der Waals surface area contributed by atoms with E-state index in [-0.39, 0.29) is 48.0 Å². The molecule has 0 aliphatic carbocycles. The van der Waals surface area contributed by atoms with Crippen LogP contribution in [0.5, 0.6) is 0 Å². The van der Waals surface area contributed by atoms with Crippen molar-refractivity contribution in [3.63, 3.8) is 0 Å². The summed E-state index contributed by atoms with van der Waals surface area (Å²) in [5.74, 6) is 0.701. The summed E-state index contributed by atoms with van der Waals surface area (Å²) in [5, 5.41) is 3.36. The normalized spacial score (nSPS) is 21.0. The van der Waals surface area contributed by atoms with Crippen molar-refractivity contribution in [2.75, 3.05) is 39.8 Å². The summed E-state index contributed by atoms with van der Waals surface area (Å²) in [5.41, 5.74) is -0.499. The van der Waals surface area contributed by atoms with Crippen LogP contribution >= 0.6 is 24.0 Å². The Balaban J connectivity index is 0.00000450. The van der Waals surface area contributed by atoms with Gasteiger partial charge in [0.15, 0.2) is 5.96 Å². The summed E-state index contributed by atoms with van der Waals surface area (Å²) in [7, 11) is 1.45. The molecule has 0 saturated carbocycles. The van der Waals surface area contributed by atoms with E-state index in [9.17, 15) is 9.59 Å². The molecule has 30 heavy (non-hydrogen) atoms. The predicted molar refractivity (Wildman–Crippen MR) is 128 cm³/mol. The molecule has 0 aromatic carbocycles. The van der Waals surface area contributed by atoms with Gasteiger partial charge in [-0.3, -0.25) is 9.79 Å². The number of nitrogens with one attached hydrogen (secondary N) is 1. The molecule has 8 nitrogen and oxygen atoms in total. The maximum atomic E-state index is 12.6. The van der Waals surface area contributed by atoms with E-state index in [4.69, 9.17) is 14.5 Å². The number of halogens is 1. The zero-order valence-corrected chi connectivity index (χ0v) is 21.4. The summed E-state index contributed by atoms with van der Waals surface area (Å²) < 4.78 is 10.5. The van der Waals surface area contributed by atoms with E-state index in [0.717, 1.165) is 64.2 Å².